The van der Waals surface area contributed by atoms with Crippen LogP contribution in [-0.2, 0) is 4.79 Å². The molecule has 0 unspecified atom stereocenters. The van der Waals surface area contributed by atoms with Gasteiger partial charge in [0.25, 0.3) is 5.91 Å². The molecule has 0 atom stereocenters. The summed E-state index contributed by atoms with van der Waals surface area (Å²) in [7, 11) is 0. The molecule has 0 fully saturated rings. The molecule has 0 spiro atoms. The molecule has 0 aliphatic heterocycles. The summed E-state index contributed by atoms with van der Waals surface area (Å²) in [6.07, 6.45) is 0.646. The number of amides is 1. The van der Waals surface area contributed by atoms with E-state index in [0.717, 1.165) is 5.56 Å². The number of ether oxygens (including phenoxy) is 1. The van der Waals surface area contributed by atoms with E-state index in [0.29, 0.717) is 17.6 Å². The Kier molecular flexibility index (Phi) is 4.66. The van der Waals surface area contributed by atoms with Crippen LogP contribution in [-0.4, -0.2) is 18.8 Å². The summed E-state index contributed by atoms with van der Waals surface area (Å²) in [6, 6.07) is 11.0. The Morgan fingerprint density at radius 1 is 1.29 bits per heavy atom. The van der Waals surface area contributed by atoms with E-state index in [4.69, 9.17) is 4.74 Å². The van der Waals surface area contributed by atoms with E-state index in [9.17, 15) is 14.0 Å². The summed E-state index contributed by atoms with van der Waals surface area (Å²) in [4.78, 5) is 22.6. The third-order valence-corrected chi connectivity index (χ3v) is 2.80. The Morgan fingerprint density at radius 3 is 2.81 bits per heavy atom. The van der Waals surface area contributed by atoms with Crippen LogP contribution in [0.4, 0.5) is 10.1 Å². The second-order valence-corrected chi connectivity index (χ2v) is 4.48. The second-order valence-electron chi connectivity index (χ2n) is 4.48. The van der Waals surface area contributed by atoms with Crippen LogP contribution in [0, 0.1) is 12.7 Å². The number of halogens is 1. The molecule has 2 aromatic carbocycles. The van der Waals surface area contributed by atoms with Gasteiger partial charge in [0.15, 0.2) is 12.9 Å². The monoisotopic (exact) mass is 287 g/mol. The van der Waals surface area contributed by atoms with Gasteiger partial charge in [0.1, 0.15) is 11.6 Å². The maximum atomic E-state index is 13.5. The van der Waals surface area contributed by atoms with Crippen molar-refractivity contribution in [2.75, 3.05) is 11.9 Å². The van der Waals surface area contributed by atoms with E-state index in [2.05, 4.69) is 5.32 Å². The number of carbonyl (C=O) groups is 2. The highest BCUT2D eigenvalue weighted by Crippen LogP contribution is 2.17. The molecule has 21 heavy (non-hydrogen) atoms. The van der Waals surface area contributed by atoms with E-state index in [1.807, 2.05) is 0 Å². The highest BCUT2D eigenvalue weighted by atomic mass is 19.1. The van der Waals surface area contributed by atoms with Crippen LogP contribution in [0.25, 0.3) is 0 Å². The molecule has 2 aromatic rings. The Morgan fingerprint density at radius 2 is 2.05 bits per heavy atom. The Hall–Kier alpha value is -2.69. The van der Waals surface area contributed by atoms with Crippen LogP contribution in [0.5, 0.6) is 5.75 Å². The smallest absolute Gasteiger partial charge is 0.262 e. The molecular weight excluding hydrogens is 273 g/mol. The van der Waals surface area contributed by atoms with E-state index >= 15 is 0 Å². The highest BCUT2D eigenvalue weighted by Gasteiger charge is 2.09. The number of aldehydes is 1. The Bertz CT molecular complexity index is 670. The largest absolute Gasteiger partial charge is 0.483 e. The third kappa shape index (κ3) is 3.89. The first kappa shape index (κ1) is 14.7. The van der Waals surface area contributed by atoms with Gasteiger partial charge in [-0.05, 0) is 36.8 Å². The van der Waals surface area contributed by atoms with Crippen LogP contribution in [0.1, 0.15) is 15.9 Å². The molecule has 0 aliphatic rings. The van der Waals surface area contributed by atoms with Gasteiger partial charge in [0.2, 0.25) is 0 Å². The minimum Gasteiger partial charge on any atom is -0.483 e. The number of nitrogens with one attached hydrogen (secondary N) is 1. The number of hydrogen-bond donors (Lipinski definition) is 1. The van der Waals surface area contributed by atoms with Crippen molar-refractivity contribution >= 4 is 17.9 Å². The first-order valence-electron chi connectivity index (χ1n) is 6.33. The van der Waals surface area contributed by atoms with Crippen LogP contribution < -0.4 is 10.1 Å². The first-order chi connectivity index (χ1) is 10.1. The minimum atomic E-state index is -0.512. The lowest BCUT2D eigenvalue weighted by molar-refractivity contribution is -0.118. The number of hydrogen-bond acceptors (Lipinski definition) is 3. The van der Waals surface area contributed by atoms with Gasteiger partial charge in [0, 0.05) is 0 Å². The molecule has 4 nitrogen and oxygen atoms in total. The summed E-state index contributed by atoms with van der Waals surface area (Å²) in [6.45, 7) is 1.49. The predicted octanol–water partition coefficient (Wildman–Crippen LogP) is 2.96. The number of carbonyl (C=O) groups excluding carboxylic acids is 2. The van der Waals surface area contributed by atoms with Crippen LogP contribution in [0.3, 0.4) is 0 Å². The molecule has 1 N–H and O–H groups in total. The molecule has 1 amide bonds. The minimum absolute atomic E-state index is 0.104. The van der Waals surface area contributed by atoms with Gasteiger partial charge in [-0.15, -0.1) is 0 Å². The number of anilines is 1. The first-order valence-corrected chi connectivity index (χ1v) is 6.33. The molecule has 0 heterocycles. The molecule has 2 rings (SSSR count). The SMILES string of the molecule is Cc1ccc(F)c(NC(=O)COc2ccccc2C=O)c1. The van der Waals surface area contributed by atoms with E-state index < -0.39 is 11.7 Å². The zero-order valence-electron chi connectivity index (χ0n) is 11.4. The summed E-state index contributed by atoms with van der Waals surface area (Å²) < 4.78 is 18.8. The number of para-hydroxylation sites is 1. The standard InChI is InChI=1S/C16H14FNO3/c1-11-6-7-13(17)14(8-11)18-16(20)10-21-15-5-3-2-4-12(15)9-19/h2-9H,10H2,1H3,(H,18,20). The summed E-state index contributed by atoms with van der Waals surface area (Å²) in [5.41, 5.74) is 1.29. The zero-order valence-corrected chi connectivity index (χ0v) is 11.4. The van der Waals surface area contributed by atoms with E-state index in [1.54, 1.807) is 37.3 Å². The molecule has 108 valence electrons. The topological polar surface area (TPSA) is 55.4 Å². The molecule has 0 bridgehead atoms. The van der Waals surface area contributed by atoms with Gasteiger partial charge < -0.3 is 10.1 Å². The molecule has 0 aromatic heterocycles. The molecule has 5 heteroatoms. The van der Waals surface area contributed by atoms with Gasteiger partial charge in [-0.25, -0.2) is 4.39 Å². The zero-order chi connectivity index (χ0) is 15.2. The molecule has 0 saturated heterocycles. The van der Waals surface area contributed by atoms with E-state index in [1.165, 1.54) is 12.1 Å². The van der Waals surface area contributed by atoms with Crippen LogP contribution in [0.15, 0.2) is 42.5 Å². The van der Waals surface area contributed by atoms with Crippen molar-refractivity contribution in [3.8, 4) is 5.75 Å². The van der Waals surface area contributed by atoms with Gasteiger partial charge in [-0.2, -0.15) is 0 Å². The van der Waals surface area contributed by atoms with Crippen molar-refractivity contribution in [3.05, 3.63) is 59.4 Å². The van der Waals surface area contributed by atoms with Gasteiger partial charge >= 0.3 is 0 Å². The fraction of sp³-hybridized carbons (Fsp3) is 0.125. The average Bonchev–Trinajstić information content (AvgIpc) is 2.49. The number of aryl methyl sites for hydroxylation is 1. The van der Waals surface area contributed by atoms with Crippen molar-refractivity contribution in [2.45, 2.75) is 6.92 Å². The second kappa shape index (κ2) is 6.65. The summed E-state index contributed by atoms with van der Waals surface area (Å²) in [5, 5.41) is 2.43. The van der Waals surface area contributed by atoms with E-state index in [-0.39, 0.29) is 12.3 Å². The molecule has 0 radical (unpaired) electrons. The summed E-state index contributed by atoms with van der Waals surface area (Å²) in [5.74, 6) is -0.699. The molecular formula is C16H14FNO3. The maximum Gasteiger partial charge on any atom is 0.262 e. The fourth-order valence-corrected chi connectivity index (χ4v) is 1.77. The van der Waals surface area contributed by atoms with Crippen LogP contribution in [0.2, 0.25) is 0 Å². The quantitative estimate of drug-likeness (QED) is 0.860. The van der Waals surface area contributed by atoms with Gasteiger partial charge in [-0.1, -0.05) is 18.2 Å². The van der Waals surface area contributed by atoms with Crippen molar-refractivity contribution in [2.24, 2.45) is 0 Å². The number of rotatable bonds is 5. The Balaban J connectivity index is 1.99. The molecule has 0 saturated carbocycles. The lowest BCUT2D eigenvalue weighted by Crippen LogP contribution is -2.21. The maximum absolute atomic E-state index is 13.5. The average molecular weight is 287 g/mol. The Labute approximate surface area is 121 Å². The van der Waals surface area contributed by atoms with Gasteiger partial charge in [0.05, 0.1) is 11.3 Å². The highest BCUT2D eigenvalue weighted by molar-refractivity contribution is 5.92. The van der Waals surface area contributed by atoms with Crippen molar-refractivity contribution in [1.29, 1.82) is 0 Å². The third-order valence-electron chi connectivity index (χ3n) is 2.80. The van der Waals surface area contributed by atoms with Gasteiger partial charge in [-0.3, -0.25) is 9.59 Å². The number of benzene rings is 2. The van der Waals surface area contributed by atoms with Crippen molar-refractivity contribution in [3.63, 3.8) is 0 Å². The normalized spacial score (nSPS) is 10.0. The van der Waals surface area contributed by atoms with Crippen molar-refractivity contribution < 1.29 is 18.7 Å². The lowest BCUT2D eigenvalue weighted by Gasteiger charge is -2.10. The fourth-order valence-electron chi connectivity index (χ4n) is 1.77. The van der Waals surface area contributed by atoms with Crippen LogP contribution >= 0.6 is 0 Å². The molecule has 0 aliphatic carbocycles. The van der Waals surface area contributed by atoms with Crippen molar-refractivity contribution in [1.82, 2.24) is 0 Å². The predicted molar refractivity (Wildman–Crippen MR) is 77.1 cm³/mol. The summed E-state index contributed by atoms with van der Waals surface area (Å²) >= 11 is 0. The lowest BCUT2D eigenvalue weighted by atomic mass is 10.2.